The molecule has 0 aliphatic heterocycles. The maximum Gasteiger partial charge on any atom is 0.128 e. The van der Waals surface area contributed by atoms with Crippen molar-refractivity contribution in [3.8, 4) is 0 Å². The summed E-state index contributed by atoms with van der Waals surface area (Å²) in [6.45, 7) is 7.53. The molecule has 0 bridgehead atoms. The zero-order valence-electron chi connectivity index (χ0n) is 9.32. The molecule has 0 fully saturated rings. The highest BCUT2D eigenvalue weighted by atomic mass is 19.1. The third-order valence-electron chi connectivity index (χ3n) is 2.00. The molecule has 1 aliphatic carbocycles. The fraction of sp³-hybridized carbons (Fsp3) is 0.500. The predicted molar refractivity (Wildman–Crippen MR) is 57.3 cm³/mol. The van der Waals surface area contributed by atoms with Gasteiger partial charge in [-0.2, -0.15) is 0 Å². The molecule has 0 aromatic rings. The topological polar surface area (TPSA) is 0 Å². The number of hydrogen-bond donors (Lipinski definition) is 0. The van der Waals surface area contributed by atoms with E-state index in [0.717, 1.165) is 6.08 Å². The Hall–Kier alpha value is -0.920. The van der Waals surface area contributed by atoms with Crippen molar-refractivity contribution in [1.29, 1.82) is 0 Å². The fourth-order valence-electron chi connectivity index (χ4n) is 1.11. The zero-order chi connectivity index (χ0) is 11.1. The molecule has 0 N–H and O–H groups in total. The molecule has 1 aliphatic rings. The van der Waals surface area contributed by atoms with E-state index in [1.165, 1.54) is 0 Å². The minimum atomic E-state index is -0.438. The first-order valence-corrected chi connectivity index (χ1v) is 5.07. The Balaban J connectivity index is 0.000000791. The SMILES string of the molecule is CC.CCC1=CCC(C)=C(F)C=C1F. The van der Waals surface area contributed by atoms with Crippen LogP contribution in [-0.2, 0) is 0 Å². The van der Waals surface area contributed by atoms with Crippen LogP contribution in [0.4, 0.5) is 8.78 Å². The van der Waals surface area contributed by atoms with Crippen LogP contribution < -0.4 is 0 Å². The largest absolute Gasteiger partial charge is 0.207 e. The first-order valence-electron chi connectivity index (χ1n) is 5.07. The molecule has 0 saturated heterocycles. The molecule has 2 heteroatoms. The first kappa shape index (κ1) is 13.1. The summed E-state index contributed by atoms with van der Waals surface area (Å²) in [7, 11) is 0. The maximum absolute atomic E-state index is 13.1. The molecule has 0 saturated carbocycles. The van der Waals surface area contributed by atoms with Crippen molar-refractivity contribution < 1.29 is 8.78 Å². The molecule has 0 heterocycles. The van der Waals surface area contributed by atoms with E-state index in [1.807, 2.05) is 20.8 Å². The Kier molecular flexibility index (Phi) is 6.09. The number of halogens is 2. The average Bonchev–Trinajstić information content (AvgIpc) is 2.31. The average molecular weight is 200 g/mol. The summed E-state index contributed by atoms with van der Waals surface area (Å²) in [5.41, 5.74) is 1.19. The van der Waals surface area contributed by atoms with Gasteiger partial charge >= 0.3 is 0 Å². The minimum Gasteiger partial charge on any atom is -0.207 e. The van der Waals surface area contributed by atoms with Crippen molar-refractivity contribution in [2.75, 3.05) is 0 Å². The van der Waals surface area contributed by atoms with Gasteiger partial charge in [-0.15, -0.1) is 0 Å². The van der Waals surface area contributed by atoms with Crippen molar-refractivity contribution in [3.63, 3.8) is 0 Å². The van der Waals surface area contributed by atoms with Crippen LogP contribution >= 0.6 is 0 Å². The zero-order valence-corrected chi connectivity index (χ0v) is 9.32. The van der Waals surface area contributed by atoms with E-state index in [0.29, 0.717) is 24.0 Å². The van der Waals surface area contributed by atoms with Gasteiger partial charge in [0, 0.05) is 6.08 Å². The van der Waals surface area contributed by atoms with E-state index in [9.17, 15) is 8.78 Å². The van der Waals surface area contributed by atoms with Gasteiger partial charge in [0.15, 0.2) is 0 Å². The lowest BCUT2D eigenvalue weighted by molar-refractivity contribution is 0.615. The lowest BCUT2D eigenvalue weighted by Gasteiger charge is -1.97. The van der Waals surface area contributed by atoms with Crippen molar-refractivity contribution in [2.24, 2.45) is 0 Å². The Morgan fingerprint density at radius 1 is 1.29 bits per heavy atom. The number of hydrogen-bond acceptors (Lipinski definition) is 0. The van der Waals surface area contributed by atoms with E-state index >= 15 is 0 Å². The Morgan fingerprint density at radius 2 is 1.86 bits per heavy atom. The molecular weight excluding hydrogens is 182 g/mol. The third-order valence-corrected chi connectivity index (χ3v) is 2.00. The highest BCUT2D eigenvalue weighted by molar-refractivity contribution is 5.36. The minimum absolute atomic E-state index is 0.438. The summed E-state index contributed by atoms with van der Waals surface area (Å²) in [6.07, 6.45) is 3.84. The van der Waals surface area contributed by atoms with E-state index < -0.39 is 11.7 Å². The molecule has 0 atom stereocenters. The van der Waals surface area contributed by atoms with Crippen molar-refractivity contribution >= 4 is 0 Å². The van der Waals surface area contributed by atoms with Gasteiger partial charge in [-0.1, -0.05) is 26.8 Å². The maximum atomic E-state index is 13.1. The normalized spacial score (nSPS) is 16.4. The Bertz CT molecular complexity index is 270. The van der Waals surface area contributed by atoms with E-state index in [4.69, 9.17) is 0 Å². The smallest absolute Gasteiger partial charge is 0.128 e. The van der Waals surface area contributed by atoms with Crippen LogP contribution in [0.3, 0.4) is 0 Å². The quantitative estimate of drug-likeness (QED) is 0.567. The molecule has 0 spiro atoms. The van der Waals surface area contributed by atoms with Gasteiger partial charge in [-0.05, 0) is 30.9 Å². The summed E-state index contributed by atoms with van der Waals surface area (Å²) in [4.78, 5) is 0. The van der Waals surface area contributed by atoms with Crippen LogP contribution in [0.5, 0.6) is 0 Å². The molecule has 0 amide bonds. The molecule has 0 radical (unpaired) electrons. The second-order valence-corrected chi connectivity index (χ2v) is 2.91. The van der Waals surface area contributed by atoms with Gasteiger partial charge in [-0.25, -0.2) is 8.78 Å². The predicted octanol–water partition coefficient (Wildman–Crippen LogP) is 4.85. The van der Waals surface area contributed by atoms with Gasteiger partial charge in [0.1, 0.15) is 11.7 Å². The van der Waals surface area contributed by atoms with Gasteiger partial charge < -0.3 is 0 Å². The second-order valence-electron chi connectivity index (χ2n) is 2.91. The number of allylic oxidation sites excluding steroid dienone is 6. The highest BCUT2D eigenvalue weighted by Crippen LogP contribution is 2.25. The summed E-state index contributed by atoms with van der Waals surface area (Å²) in [6, 6.07) is 0. The van der Waals surface area contributed by atoms with Crippen molar-refractivity contribution in [2.45, 2.75) is 40.5 Å². The fourth-order valence-corrected chi connectivity index (χ4v) is 1.11. The molecule has 14 heavy (non-hydrogen) atoms. The lowest BCUT2D eigenvalue weighted by Crippen LogP contribution is -1.80. The lowest BCUT2D eigenvalue weighted by atomic mass is 10.1. The van der Waals surface area contributed by atoms with Crippen molar-refractivity contribution in [1.82, 2.24) is 0 Å². The molecule has 0 unspecified atom stereocenters. The van der Waals surface area contributed by atoms with Crippen LogP contribution in [0.15, 0.2) is 35.0 Å². The van der Waals surface area contributed by atoms with Gasteiger partial charge in [-0.3, -0.25) is 0 Å². The molecule has 0 nitrogen and oxygen atoms in total. The van der Waals surface area contributed by atoms with Crippen LogP contribution in [-0.4, -0.2) is 0 Å². The Morgan fingerprint density at radius 3 is 2.36 bits per heavy atom. The second kappa shape index (κ2) is 6.52. The number of rotatable bonds is 1. The van der Waals surface area contributed by atoms with Crippen LogP contribution in [0, 0.1) is 0 Å². The summed E-state index contributed by atoms with van der Waals surface area (Å²) < 4.78 is 26.0. The molecule has 0 aromatic carbocycles. The van der Waals surface area contributed by atoms with Crippen molar-refractivity contribution in [3.05, 3.63) is 35.0 Å². The highest BCUT2D eigenvalue weighted by Gasteiger charge is 2.09. The molecule has 1 rings (SSSR count). The third kappa shape index (κ3) is 3.44. The standard InChI is InChI=1S/C10H12F2.C2H6/c1-3-8-5-4-7(2)9(11)6-10(8)12;1-2/h5-6H,3-4H2,1-2H3;1-2H3. The summed E-state index contributed by atoms with van der Waals surface area (Å²) in [5, 5.41) is 0. The van der Waals surface area contributed by atoms with E-state index in [-0.39, 0.29) is 0 Å². The van der Waals surface area contributed by atoms with Crippen LogP contribution in [0.25, 0.3) is 0 Å². The summed E-state index contributed by atoms with van der Waals surface area (Å²) >= 11 is 0. The van der Waals surface area contributed by atoms with Crippen LogP contribution in [0.2, 0.25) is 0 Å². The van der Waals surface area contributed by atoms with Crippen LogP contribution in [0.1, 0.15) is 40.5 Å². The van der Waals surface area contributed by atoms with Gasteiger partial charge in [0.25, 0.3) is 0 Å². The van der Waals surface area contributed by atoms with E-state index in [1.54, 1.807) is 13.0 Å². The summed E-state index contributed by atoms with van der Waals surface area (Å²) in [5.74, 6) is -0.876. The molecule has 80 valence electrons. The molecule has 0 aromatic heterocycles. The monoisotopic (exact) mass is 200 g/mol. The van der Waals surface area contributed by atoms with Gasteiger partial charge in [0.05, 0.1) is 0 Å². The Labute approximate surface area is 85.0 Å². The van der Waals surface area contributed by atoms with Gasteiger partial charge in [0.2, 0.25) is 0 Å². The molecular formula is C12H18F2. The van der Waals surface area contributed by atoms with E-state index in [2.05, 4.69) is 0 Å². The first-order chi connectivity index (χ1) is 6.65.